The fourth-order valence-corrected chi connectivity index (χ4v) is 2.10. The number of hydrogen-bond acceptors (Lipinski definition) is 3. The number of benzene rings is 2. The van der Waals surface area contributed by atoms with Gasteiger partial charge in [0.05, 0.1) is 28.9 Å². The van der Waals surface area contributed by atoms with Gasteiger partial charge >= 0.3 is 0 Å². The first-order valence-electron chi connectivity index (χ1n) is 6.27. The maximum Gasteiger partial charge on any atom is 0.0991 e. The second-order valence-electron chi connectivity index (χ2n) is 4.95. The third-order valence-electron chi connectivity index (χ3n) is 3.27. The summed E-state index contributed by atoms with van der Waals surface area (Å²) < 4.78 is 0. The second kappa shape index (κ2) is 5.57. The lowest BCUT2D eigenvalue weighted by Crippen LogP contribution is -2.24. The molecule has 3 nitrogen and oxygen atoms in total. The van der Waals surface area contributed by atoms with Gasteiger partial charge in [0.25, 0.3) is 0 Å². The summed E-state index contributed by atoms with van der Waals surface area (Å²) in [5.41, 5.74) is 1.89. The van der Waals surface area contributed by atoms with Crippen molar-refractivity contribution in [3.63, 3.8) is 0 Å². The summed E-state index contributed by atoms with van der Waals surface area (Å²) in [7, 11) is 0. The Morgan fingerprint density at radius 1 is 0.900 bits per heavy atom. The molecule has 0 spiro atoms. The number of aliphatic hydroxyl groups is 1. The van der Waals surface area contributed by atoms with Crippen LogP contribution in [0.1, 0.15) is 29.2 Å². The summed E-state index contributed by atoms with van der Waals surface area (Å²) in [6, 6.07) is 18.2. The van der Waals surface area contributed by atoms with E-state index >= 15 is 0 Å². The van der Waals surface area contributed by atoms with E-state index < -0.39 is 5.60 Å². The molecule has 0 aliphatic carbocycles. The molecular formula is C17H14N2O. The van der Waals surface area contributed by atoms with Crippen molar-refractivity contribution in [3.8, 4) is 12.1 Å². The Balaban J connectivity index is 2.21. The second-order valence-corrected chi connectivity index (χ2v) is 4.95. The van der Waals surface area contributed by atoms with E-state index in [2.05, 4.69) is 12.1 Å². The van der Waals surface area contributed by atoms with Crippen molar-refractivity contribution in [2.45, 2.75) is 18.9 Å². The van der Waals surface area contributed by atoms with Crippen molar-refractivity contribution >= 4 is 0 Å². The van der Waals surface area contributed by atoms with Gasteiger partial charge in [-0.1, -0.05) is 24.3 Å². The van der Waals surface area contributed by atoms with Gasteiger partial charge in [-0.05, 0) is 42.3 Å². The van der Waals surface area contributed by atoms with Crippen molar-refractivity contribution in [1.82, 2.24) is 0 Å². The van der Waals surface area contributed by atoms with Gasteiger partial charge in [0, 0.05) is 6.42 Å². The van der Waals surface area contributed by atoms with Crippen molar-refractivity contribution in [1.29, 1.82) is 10.5 Å². The number of nitriles is 2. The van der Waals surface area contributed by atoms with Crippen molar-refractivity contribution in [2.24, 2.45) is 0 Å². The van der Waals surface area contributed by atoms with Gasteiger partial charge in [0.15, 0.2) is 0 Å². The average molecular weight is 262 g/mol. The molecule has 0 saturated carbocycles. The molecule has 0 saturated heterocycles. The highest BCUT2D eigenvalue weighted by Gasteiger charge is 2.23. The first-order valence-corrected chi connectivity index (χ1v) is 6.27. The lowest BCUT2D eigenvalue weighted by Gasteiger charge is -2.24. The minimum Gasteiger partial charge on any atom is -0.385 e. The van der Waals surface area contributed by atoms with Crippen LogP contribution in [-0.2, 0) is 12.0 Å². The molecule has 1 unspecified atom stereocenters. The summed E-state index contributed by atoms with van der Waals surface area (Å²) in [6.45, 7) is 1.74. The molecule has 0 amide bonds. The molecule has 98 valence electrons. The van der Waals surface area contributed by atoms with Crippen molar-refractivity contribution in [2.75, 3.05) is 0 Å². The first-order chi connectivity index (χ1) is 9.55. The highest BCUT2D eigenvalue weighted by molar-refractivity contribution is 5.36. The Morgan fingerprint density at radius 2 is 1.35 bits per heavy atom. The summed E-state index contributed by atoms with van der Waals surface area (Å²) in [6.07, 6.45) is 0.449. The normalized spacial score (nSPS) is 13.0. The molecule has 0 aliphatic rings. The topological polar surface area (TPSA) is 67.8 Å². The molecule has 0 radical (unpaired) electrons. The molecule has 2 aromatic rings. The van der Waals surface area contributed by atoms with E-state index in [4.69, 9.17) is 10.5 Å². The minimum atomic E-state index is -1.01. The Kier molecular flexibility index (Phi) is 3.84. The number of nitrogens with zero attached hydrogens (tertiary/aromatic N) is 2. The van der Waals surface area contributed by atoms with Gasteiger partial charge in [-0.25, -0.2) is 0 Å². The zero-order valence-corrected chi connectivity index (χ0v) is 11.2. The standard InChI is InChI=1S/C17H14N2O/c1-17(20,16-8-6-15(12-19)7-9-16)10-13-2-4-14(11-18)5-3-13/h2-9,20H,10H2,1H3. The lowest BCUT2D eigenvalue weighted by molar-refractivity contribution is 0.0576. The number of rotatable bonds is 3. The first kappa shape index (κ1) is 13.8. The molecule has 2 aromatic carbocycles. The maximum absolute atomic E-state index is 10.6. The van der Waals surface area contributed by atoms with Crippen molar-refractivity contribution < 1.29 is 5.11 Å². The molecule has 0 bridgehead atoms. The van der Waals surface area contributed by atoms with Crippen LogP contribution in [-0.4, -0.2) is 5.11 Å². The lowest BCUT2D eigenvalue weighted by atomic mass is 9.88. The van der Waals surface area contributed by atoms with Crippen LogP contribution in [0.4, 0.5) is 0 Å². The molecule has 0 aromatic heterocycles. The summed E-state index contributed by atoms with van der Waals surface area (Å²) >= 11 is 0. The minimum absolute atomic E-state index is 0.449. The van der Waals surface area contributed by atoms with E-state index in [9.17, 15) is 5.11 Å². The highest BCUT2D eigenvalue weighted by atomic mass is 16.3. The van der Waals surface area contributed by atoms with Crippen molar-refractivity contribution in [3.05, 3.63) is 70.8 Å². The largest absolute Gasteiger partial charge is 0.385 e. The Labute approximate surface area is 118 Å². The van der Waals surface area contributed by atoms with Gasteiger partial charge in [0.1, 0.15) is 0 Å². The molecule has 0 heterocycles. The third kappa shape index (κ3) is 3.03. The molecule has 1 atom stereocenters. The van der Waals surface area contributed by atoms with Gasteiger partial charge in [-0.2, -0.15) is 10.5 Å². The highest BCUT2D eigenvalue weighted by Crippen LogP contribution is 2.25. The Morgan fingerprint density at radius 3 is 1.80 bits per heavy atom. The Bertz CT molecular complexity index is 671. The Hall–Kier alpha value is -2.62. The van der Waals surface area contributed by atoms with Crippen LogP contribution in [0.2, 0.25) is 0 Å². The van der Waals surface area contributed by atoms with E-state index in [1.807, 2.05) is 12.1 Å². The van der Waals surface area contributed by atoms with E-state index in [0.29, 0.717) is 17.5 Å². The summed E-state index contributed by atoms with van der Waals surface area (Å²) in [4.78, 5) is 0. The zero-order valence-electron chi connectivity index (χ0n) is 11.2. The van der Waals surface area contributed by atoms with Crippen LogP contribution in [0.3, 0.4) is 0 Å². The molecule has 3 heteroatoms. The van der Waals surface area contributed by atoms with Crippen LogP contribution in [0.25, 0.3) is 0 Å². The maximum atomic E-state index is 10.6. The smallest absolute Gasteiger partial charge is 0.0991 e. The predicted octanol–water partition coefficient (Wildman–Crippen LogP) is 2.88. The number of hydrogen-bond donors (Lipinski definition) is 1. The monoisotopic (exact) mass is 262 g/mol. The summed E-state index contributed by atoms with van der Waals surface area (Å²) in [5, 5.41) is 28.1. The predicted molar refractivity (Wildman–Crippen MR) is 75.6 cm³/mol. The van der Waals surface area contributed by atoms with Gasteiger partial charge < -0.3 is 5.11 Å². The molecule has 0 fully saturated rings. The molecule has 0 aliphatic heterocycles. The van der Waals surface area contributed by atoms with Crippen LogP contribution in [0.5, 0.6) is 0 Å². The third-order valence-corrected chi connectivity index (χ3v) is 3.27. The van der Waals surface area contributed by atoms with E-state index in [0.717, 1.165) is 11.1 Å². The molecule has 1 N–H and O–H groups in total. The SMILES string of the molecule is CC(O)(Cc1ccc(C#N)cc1)c1ccc(C#N)cc1. The average Bonchev–Trinajstić information content (AvgIpc) is 2.48. The molecule has 2 rings (SSSR count). The quantitative estimate of drug-likeness (QED) is 0.924. The van der Waals surface area contributed by atoms with Crippen LogP contribution in [0.15, 0.2) is 48.5 Å². The van der Waals surface area contributed by atoms with E-state index in [1.165, 1.54) is 0 Å². The van der Waals surface area contributed by atoms with Crippen LogP contribution in [0, 0.1) is 22.7 Å². The zero-order chi connectivity index (χ0) is 14.6. The molecular weight excluding hydrogens is 248 g/mol. The van der Waals surface area contributed by atoms with Gasteiger partial charge in [-0.15, -0.1) is 0 Å². The van der Waals surface area contributed by atoms with Crippen LogP contribution < -0.4 is 0 Å². The fourth-order valence-electron chi connectivity index (χ4n) is 2.10. The van der Waals surface area contributed by atoms with Gasteiger partial charge in [0.2, 0.25) is 0 Å². The van der Waals surface area contributed by atoms with E-state index in [1.54, 1.807) is 43.3 Å². The summed E-state index contributed by atoms with van der Waals surface area (Å²) in [5.74, 6) is 0. The van der Waals surface area contributed by atoms with Crippen LogP contribution >= 0.6 is 0 Å². The van der Waals surface area contributed by atoms with Gasteiger partial charge in [-0.3, -0.25) is 0 Å². The fraction of sp³-hybridized carbons (Fsp3) is 0.176. The van der Waals surface area contributed by atoms with E-state index in [-0.39, 0.29) is 0 Å². The molecule has 20 heavy (non-hydrogen) atoms.